The highest BCUT2D eigenvalue weighted by atomic mass is 16.3. The molecule has 1 saturated heterocycles. The summed E-state index contributed by atoms with van der Waals surface area (Å²) in [5.41, 5.74) is 2.67. The number of hydrogen-bond acceptors (Lipinski definition) is 5. The Morgan fingerprint density at radius 2 is 1.87 bits per heavy atom. The first-order chi connectivity index (χ1) is 14.3. The van der Waals surface area contributed by atoms with E-state index in [0.717, 1.165) is 37.8 Å². The van der Waals surface area contributed by atoms with E-state index >= 15 is 0 Å². The first-order valence-corrected chi connectivity index (χ1v) is 11.0. The summed E-state index contributed by atoms with van der Waals surface area (Å²) >= 11 is 0. The molecule has 7 heteroatoms. The van der Waals surface area contributed by atoms with E-state index in [1.807, 2.05) is 13.8 Å². The van der Waals surface area contributed by atoms with Crippen LogP contribution < -0.4 is 0 Å². The molecule has 3 heterocycles. The van der Waals surface area contributed by atoms with Crippen molar-refractivity contribution in [1.29, 1.82) is 0 Å². The number of aliphatic hydroxyl groups is 1. The Balaban J connectivity index is 1.47. The fourth-order valence-electron chi connectivity index (χ4n) is 4.51. The standard InChI is InChI=1S/C23H33N5O2/c1-15(2)18-7-5-17(6-8-18)12-26-9-10-27-21(14-26)24-25-22(27)20-11-19(29)13-28(20)23(30)16(3)4/h5-8,15-16,19-20,29H,9-14H2,1-4H3/t19-,20+/m1/s1. The maximum atomic E-state index is 12.6. The second kappa shape index (κ2) is 8.47. The Morgan fingerprint density at radius 3 is 2.53 bits per heavy atom. The molecule has 30 heavy (non-hydrogen) atoms. The lowest BCUT2D eigenvalue weighted by molar-refractivity contribution is -0.135. The fourth-order valence-corrected chi connectivity index (χ4v) is 4.51. The maximum absolute atomic E-state index is 12.6. The van der Waals surface area contributed by atoms with Crippen LogP contribution in [0.5, 0.6) is 0 Å². The van der Waals surface area contributed by atoms with Crippen LogP contribution in [0.3, 0.4) is 0 Å². The quantitative estimate of drug-likeness (QED) is 0.819. The van der Waals surface area contributed by atoms with E-state index in [9.17, 15) is 9.90 Å². The van der Waals surface area contributed by atoms with Gasteiger partial charge in [-0.25, -0.2) is 0 Å². The summed E-state index contributed by atoms with van der Waals surface area (Å²) in [6.07, 6.45) is 0.0298. The van der Waals surface area contributed by atoms with Crippen LogP contribution in [0.15, 0.2) is 24.3 Å². The second-order valence-electron chi connectivity index (χ2n) is 9.28. The molecule has 162 valence electrons. The molecule has 0 saturated carbocycles. The summed E-state index contributed by atoms with van der Waals surface area (Å²) in [6, 6.07) is 8.68. The van der Waals surface area contributed by atoms with Crippen LogP contribution in [0.2, 0.25) is 0 Å². The van der Waals surface area contributed by atoms with Gasteiger partial charge in [0.25, 0.3) is 0 Å². The largest absolute Gasteiger partial charge is 0.391 e. The van der Waals surface area contributed by atoms with Crippen LogP contribution in [0.4, 0.5) is 0 Å². The van der Waals surface area contributed by atoms with Crippen molar-refractivity contribution in [2.24, 2.45) is 5.92 Å². The van der Waals surface area contributed by atoms with Gasteiger partial charge < -0.3 is 14.6 Å². The highest BCUT2D eigenvalue weighted by Gasteiger charge is 2.39. The third-order valence-electron chi connectivity index (χ3n) is 6.27. The Labute approximate surface area is 178 Å². The maximum Gasteiger partial charge on any atom is 0.225 e. The van der Waals surface area contributed by atoms with E-state index in [-0.39, 0.29) is 17.9 Å². The van der Waals surface area contributed by atoms with Crippen molar-refractivity contribution >= 4 is 5.91 Å². The lowest BCUT2D eigenvalue weighted by Crippen LogP contribution is -2.37. The molecule has 2 aliphatic rings. The van der Waals surface area contributed by atoms with Crippen molar-refractivity contribution in [1.82, 2.24) is 24.6 Å². The zero-order chi connectivity index (χ0) is 21.4. The van der Waals surface area contributed by atoms with Gasteiger partial charge in [-0.05, 0) is 17.0 Å². The molecule has 0 unspecified atom stereocenters. The Bertz CT molecular complexity index is 889. The summed E-state index contributed by atoms with van der Waals surface area (Å²) in [7, 11) is 0. The molecule has 0 spiro atoms. The lowest BCUT2D eigenvalue weighted by atomic mass is 10.0. The molecule has 2 atom stereocenters. The Kier molecular flexibility index (Phi) is 5.93. The molecule has 1 amide bonds. The third kappa shape index (κ3) is 4.14. The molecule has 1 N–H and O–H groups in total. The molecule has 2 aromatic rings. The van der Waals surface area contributed by atoms with Crippen molar-refractivity contribution in [3.05, 3.63) is 47.0 Å². The number of hydrogen-bond donors (Lipinski definition) is 1. The number of aliphatic hydroxyl groups excluding tert-OH is 1. The summed E-state index contributed by atoms with van der Waals surface area (Å²) in [5.74, 6) is 2.27. The van der Waals surface area contributed by atoms with E-state index in [1.165, 1.54) is 11.1 Å². The van der Waals surface area contributed by atoms with Gasteiger partial charge in [-0.1, -0.05) is 52.0 Å². The van der Waals surface area contributed by atoms with Gasteiger partial charge in [-0.15, -0.1) is 10.2 Å². The Morgan fingerprint density at radius 1 is 1.13 bits per heavy atom. The number of rotatable bonds is 5. The zero-order valence-electron chi connectivity index (χ0n) is 18.5. The van der Waals surface area contributed by atoms with Gasteiger partial charge in [-0.3, -0.25) is 9.69 Å². The topological polar surface area (TPSA) is 74.5 Å². The third-order valence-corrected chi connectivity index (χ3v) is 6.27. The second-order valence-corrected chi connectivity index (χ2v) is 9.28. The number of carbonyl (C=O) groups excluding carboxylic acids is 1. The summed E-state index contributed by atoms with van der Waals surface area (Å²) < 4.78 is 2.15. The molecule has 4 rings (SSSR count). The molecule has 1 aromatic heterocycles. The van der Waals surface area contributed by atoms with E-state index in [1.54, 1.807) is 4.90 Å². The van der Waals surface area contributed by atoms with Crippen LogP contribution in [0, 0.1) is 5.92 Å². The monoisotopic (exact) mass is 411 g/mol. The lowest BCUT2D eigenvalue weighted by Gasteiger charge is -2.30. The molecule has 0 bridgehead atoms. The first-order valence-electron chi connectivity index (χ1n) is 11.0. The van der Waals surface area contributed by atoms with Gasteiger partial charge in [-0.2, -0.15) is 0 Å². The minimum atomic E-state index is -0.500. The van der Waals surface area contributed by atoms with Gasteiger partial charge in [0.2, 0.25) is 5.91 Å². The van der Waals surface area contributed by atoms with Crippen LogP contribution in [-0.4, -0.2) is 54.8 Å². The van der Waals surface area contributed by atoms with E-state index < -0.39 is 6.10 Å². The van der Waals surface area contributed by atoms with Crippen molar-refractivity contribution in [3.8, 4) is 0 Å². The van der Waals surface area contributed by atoms with E-state index in [2.05, 4.69) is 57.8 Å². The fraction of sp³-hybridized carbons (Fsp3) is 0.609. The number of β-amino-alcohol motifs (C(OH)–C–C–N with tert-alkyl or cyclic N) is 1. The van der Waals surface area contributed by atoms with Gasteiger partial charge in [0, 0.05) is 38.5 Å². The average Bonchev–Trinajstić information content (AvgIpc) is 3.30. The molecular formula is C23H33N5O2. The summed E-state index contributed by atoms with van der Waals surface area (Å²) in [6.45, 7) is 11.9. The van der Waals surface area contributed by atoms with Gasteiger partial charge in [0.05, 0.1) is 18.7 Å². The molecule has 0 aliphatic carbocycles. The van der Waals surface area contributed by atoms with Crippen LogP contribution in [-0.2, 0) is 24.4 Å². The minimum Gasteiger partial charge on any atom is -0.391 e. The summed E-state index contributed by atoms with van der Waals surface area (Å²) in [5, 5.41) is 19.1. The van der Waals surface area contributed by atoms with Crippen molar-refractivity contribution < 1.29 is 9.90 Å². The predicted molar refractivity (Wildman–Crippen MR) is 115 cm³/mol. The zero-order valence-corrected chi connectivity index (χ0v) is 18.5. The molecule has 1 aromatic carbocycles. The summed E-state index contributed by atoms with van der Waals surface area (Å²) in [4.78, 5) is 16.8. The first kappa shape index (κ1) is 21.0. The normalized spacial score (nSPS) is 22.2. The van der Waals surface area contributed by atoms with Crippen molar-refractivity contribution in [2.75, 3.05) is 13.1 Å². The molecule has 2 aliphatic heterocycles. The van der Waals surface area contributed by atoms with Crippen LogP contribution in [0.1, 0.15) is 68.9 Å². The number of likely N-dealkylation sites (tertiary alicyclic amines) is 1. The van der Waals surface area contributed by atoms with E-state index in [4.69, 9.17) is 0 Å². The van der Waals surface area contributed by atoms with Crippen molar-refractivity contribution in [2.45, 2.75) is 71.8 Å². The van der Waals surface area contributed by atoms with E-state index in [0.29, 0.717) is 18.9 Å². The number of benzene rings is 1. The average molecular weight is 412 g/mol. The SMILES string of the molecule is CC(C)C(=O)N1C[C@H](O)C[C@H]1c1nnc2n1CCN(Cc1ccc(C(C)C)cc1)C2. The number of aromatic nitrogens is 3. The number of carbonyl (C=O) groups is 1. The highest BCUT2D eigenvalue weighted by Crippen LogP contribution is 2.33. The smallest absolute Gasteiger partial charge is 0.225 e. The van der Waals surface area contributed by atoms with Crippen LogP contribution >= 0.6 is 0 Å². The van der Waals surface area contributed by atoms with Crippen LogP contribution in [0.25, 0.3) is 0 Å². The molecular weight excluding hydrogens is 378 g/mol. The van der Waals surface area contributed by atoms with Gasteiger partial charge in [0.15, 0.2) is 5.82 Å². The minimum absolute atomic E-state index is 0.0659. The molecule has 1 fully saturated rings. The molecule has 7 nitrogen and oxygen atoms in total. The number of fused-ring (bicyclic) bond motifs is 1. The predicted octanol–water partition coefficient (Wildman–Crippen LogP) is 2.71. The highest BCUT2D eigenvalue weighted by molar-refractivity contribution is 5.78. The molecule has 0 radical (unpaired) electrons. The van der Waals surface area contributed by atoms with Gasteiger partial charge >= 0.3 is 0 Å². The Hall–Kier alpha value is -2.25. The van der Waals surface area contributed by atoms with Crippen molar-refractivity contribution in [3.63, 3.8) is 0 Å². The number of amides is 1. The number of nitrogens with zero attached hydrogens (tertiary/aromatic N) is 5. The van der Waals surface area contributed by atoms with Gasteiger partial charge in [0.1, 0.15) is 5.82 Å².